The number of carbonyl (C=O) groups is 1. The average molecular weight is 287 g/mol. The summed E-state index contributed by atoms with van der Waals surface area (Å²) in [5, 5.41) is 5.18. The molecule has 0 saturated carbocycles. The fourth-order valence-corrected chi connectivity index (χ4v) is 2.39. The third kappa shape index (κ3) is 3.07. The lowest BCUT2D eigenvalue weighted by Gasteiger charge is -2.03. The van der Waals surface area contributed by atoms with E-state index in [2.05, 4.69) is 5.32 Å². The molecule has 0 aliphatic rings. The highest BCUT2D eigenvalue weighted by atomic mass is 16.1. The smallest absolute Gasteiger partial charge is 0.187 e. The van der Waals surface area contributed by atoms with Crippen molar-refractivity contribution in [1.82, 2.24) is 0 Å². The lowest BCUT2D eigenvalue weighted by atomic mass is 10.0. The van der Waals surface area contributed by atoms with Crippen LogP contribution in [0.15, 0.2) is 79.0 Å². The maximum atomic E-state index is 12.4. The first-order chi connectivity index (χ1) is 10.7. The molecule has 0 aromatic heterocycles. The lowest BCUT2D eigenvalue weighted by molar-refractivity contribution is 0.104. The Morgan fingerprint density at radius 1 is 0.909 bits per heavy atom. The van der Waals surface area contributed by atoms with Crippen LogP contribution < -0.4 is 5.32 Å². The molecule has 3 aromatic rings. The molecule has 0 radical (unpaired) electrons. The van der Waals surface area contributed by atoms with E-state index in [1.54, 1.807) is 12.3 Å². The van der Waals surface area contributed by atoms with Gasteiger partial charge in [0, 0.05) is 23.5 Å². The molecule has 0 atom stereocenters. The third-order valence-electron chi connectivity index (χ3n) is 3.59. The monoisotopic (exact) mass is 287 g/mol. The van der Waals surface area contributed by atoms with Gasteiger partial charge in [0.1, 0.15) is 0 Å². The van der Waals surface area contributed by atoms with Gasteiger partial charge in [-0.05, 0) is 29.8 Å². The van der Waals surface area contributed by atoms with Crippen LogP contribution in [0, 0.1) is 6.92 Å². The number of carbonyl (C=O) groups excluding carboxylic acids is 1. The summed E-state index contributed by atoms with van der Waals surface area (Å²) < 4.78 is 0. The second-order valence-electron chi connectivity index (χ2n) is 5.23. The second-order valence-corrected chi connectivity index (χ2v) is 5.23. The van der Waals surface area contributed by atoms with Gasteiger partial charge in [-0.25, -0.2) is 0 Å². The summed E-state index contributed by atoms with van der Waals surface area (Å²) in [6, 6.07) is 21.7. The number of fused-ring (bicyclic) bond motifs is 1. The van der Waals surface area contributed by atoms with Gasteiger partial charge < -0.3 is 5.32 Å². The summed E-state index contributed by atoms with van der Waals surface area (Å²) in [6.07, 6.45) is 3.26. The molecule has 0 fully saturated rings. The minimum atomic E-state index is -0.00332. The summed E-state index contributed by atoms with van der Waals surface area (Å²) in [5.41, 5.74) is 2.90. The van der Waals surface area contributed by atoms with Crippen molar-refractivity contribution < 1.29 is 4.79 Å². The van der Waals surface area contributed by atoms with E-state index in [0.717, 1.165) is 22.0 Å². The van der Waals surface area contributed by atoms with E-state index in [9.17, 15) is 4.79 Å². The van der Waals surface area contributed by atoms with E-state index >= 15 is 0 Å². The van der Waals surface area contributed by atoms with E-state index in [4.69, 9.17) is 0 Å². The van der Waals surface area contributed by atoms with Crippen molar-refractivity contribution in [3.05, 3.63) is 90.1 Å². The molecule has 1 N–H and O–H groups in total. The molecule has 0 bridgehead atoms. The SMILES string of the molecule is Cc1ccc(N/C=C/C(=O)c2cccc3ccccc23)cc1. The molecule has 0 spiro atoms. The molecule has 2 nitrogen and oxygen atoms in total. The van der Waals surface area contributed by atoms with Gasteiger partial charge in [-0.15, -0.1) is 0 Å². The van der Waals surface area contributed by atoms with Crippen molar-refractivity contribution in [2.45, 2.75) is 6.92 Å². The predicted molar refractivity (Wildman–Crippen MR) is 92.2 cm³/mol. The molecule has 0 heterocycles. The van der Waals surface area contributed by atoms with Crippen molar-refractivity contribution in [2.24, 2.45) is 0 Å². The molecular weight excluding hydrogens is 270 g/mol. The van der Waals surface area contributed by atoms with Crippen LogP contribution in [0.2, 0.25) is 0 Å². The van der Waals surface area contributed by atoms with E-state index in [1.165, 1.54) is 5.56 Å². The maximum absolute atomic E-state index is 12.4. The minimum absolute atomic E-state index is 0.00332. The zero-order valence-corrected chi connectivity index (χ0v) is 12.4. The molecule has 3 aromatic carbocycles. The largest absolute Gasteiger partial charge is 0.362 e. The van der Waals surface area contributed by atoms with Crippen LogP contribution >= 0.6 is 0 Å². The topological polar surface area (TPSA) is 29.1 Å². The summed E-state index contributed by atoms with van der Waals surface area (Å²) in [5.74, 6) is -0.00332. The van der Waals surface area contributed by atoms with E-state index in [-0.39, 0.29) is 5.78 Å². The first kappa shape index (κ1) is 14.1. The van der Waals surface area contributed by atoms with Gasteiger partial charge in [0.05, 0.1) is 0 Å². The molecule has 0 saturated heterocycles. The normalized spacial score (nSPS) is 11.0. The minimum Gasteiger partial charge on any atom is -0.362 e. The quantitative estimate of drug-likeness (QED) is 0.543. The van der Waals surface area contributed by atoms with Gasteiger partial charge in [-0.2, -0.15) is 0 Å². The first-order valence-electron chi connectivity index (χ1n) is 7.26. The van der Waals surface area contributed by atoms with E-state index < -0.39 is 0 Å². The van der Waals surface area contributed by atoms with Crippen molar-refractivity contribution in [2.75, 3.05) is 5.32 Å². The molecule has 0 amide bonds. The molecular formula is C20H17NO. The Labute approximate surface area is 130 Å². The number of benzene rings is 3. The van der Waals surface area contributed by atoms with Crippen molar-refractivity contribution in [1.29, 1.82) is 0 Å². The van der Waals surface area contributed by atoms with Gasteiger partial charge in [-0.1, -0.05) is 60.2 Å². The fourth-order valence-electron chi connectivity index (χ4n) is 2.39. The highest BCUT2D eigenvalue weighted by Crippen LogP contribution is 2.19. The van der Waals surface area contributed by atoms with Gasteiger partial charge in [-0.3, -0.25) is 4.79 Å². The van der Waals surface area contributed by atoms with Gasteiger partial charge in [0.15, 0.2) is 5.78 Å². The van der Waals surface area contributed by atoms with Gasteiger partial charge in [0.25, 0.3) is 0 Å². The molecule has 0 aliphatic heterocycles. The van der Waals surface area contributed by atoms with E-state index in [0.29, 0.717) is 0 Å². The molecule has 0 aliphatic carbocycles. The number of hydrogen-bond acceptors (Lipinski definition) is 2. The van der Waals surface area contributed by atoms with E-state index in [1.807, 2.05) is 73.7 Å². The Kier molecular flexibility index (Phi) is 4.01. The van der Waals surface area contributed by atoms with Crippen LogP contribution in [-0.2, 0) is 0 Å². The highest BCUT2D eigenvalue weighted by molar-refractivity contribution is 6.13. The Morgan fingerprint density at radius 2 is 1.64 bits per heavy atom. The number of allylic oxidation sites excluding steroid dienone is 1. The van der Waals surface area contributed by atoms with Crippen LogP contribution in [0.3, 0.4) is 0 Å². The molecule has 108 valence electrons. The zero-order valence-electron chi connectivity index (χ0n) is 12.4. The number of ketones is 1. The molecule has 22 heavy (non-hydrogen) atoms. The molecule has 2 heteroatoms. The number of rotatable bonds is 4. The first-order valence-corrected chi connectivity index (χ1v) is 7.26. The van der Waals surface area contributed by atoms with Crippen LogP contribution in [0.5, 0.6) is 0 Å². The Morgan fingerprint density at radius 3 is 2.45 bits per heavy atom. The summed E-state index contributed by atoms with van der Waals surface area (Å²) in [6.45, 7) is 2.05. The van der Waals surface area contributed by atoms with Crippen molar-refractivity contribution >= 4 is 22.2 Å². The number of aryl methyl sites for hydroxylation is 1. The van der Waals surface area contributed by atoms with Crippen LogP contribution in [0.4, 0.5) is 5.69 Å². The van der Waals surface area contributed by atoms with Crippen molar-refractivity contribution in [3.8, 4) is 0 Å². The molecule has 3 rings (SSSR count). The maximum Gasteiger partial charge on any atom is 0.187 e. The summed E-state index contributed by atoms with van der Waals surface area (Å²) >= 11 is 0. The fraction of sp³-hybridized carbons (Fsp3) is 0.0500. The lowest BCUT2D eigenvalue weighted by Crippen LogP contribution is -1.97. The number of nitrogens with one attached hydrogen (secondary N) is 1. The highest BCUT2D eigenvalue weighted by Gasteiger charge is 2.06. The Balaban J connectivity index is 1.78. The third-order valence-corrected chi connectivity index (χ3v) is 3.59. The summed E-state index contributed by atoms with van der Waals surface area (Å²) in [4.78, 5) is 12.4. The van der Waals surface area contributed by atoms with Gasteiger partial charge >= 0.3 is 0 Å². The number of anilines is 1. The van der Waals surface area contributed by atoms with Crippen LogP contribution in [0.25, 0.3) is 10.8 Å². The Bertz CT molecular complexity index is 826. The predicted octanol–water partition coefficient (Wildman–Crippen LogP) is 4.96. The van der Waals surface area contributed by atoms with Gasteiger partial charge in [0.2, 0.25) is 0 Å². The van der Waals surface area contributed by atoms with Crippen LogP contribution in [-0.4, -0.2) is 5.78 Å². The molecule has 0 unspecified atom stereocenters. The number of hydrogen-bond donors (Lipinski definition) is 1. The standard InChI is InChI=1S/C20H17NO/c1-15-9-11-17(12-10-15)21-14-13-20(22)19-8-4-6-16-5-2-3-7-18(16)19/h2-14,21H,1H3/b14-13+. The average Bonchev–Trinajstić information content (AvgIpc) is 2.56. The Hall–Kier alpha value is -2.87. The summed E-state index contributed by atoms with van der Waals surface area (Å²) in [7, 11) is 0. The van der Waals surface area contributed by atoms with Crippen molar-refractivity contribution in [3.63, 3.8) is 0 Å². The van der Waals surface area contributed by atoms with Crippen LogP contribution in [0.1, 0.15) is 15.9 Å². The zero-order chi connectivity index (χ0) is 15.4. The second kappa shape index (κ2) is 6.27.